The molecule has 5 rings (SSSR count). The number of hydrogen-bond donors (Lipinski definition) is 3. The molecule has 0 fully saturated rings. The Bertz CT molecular complexity index is 1410. The van der Waals surface area contributed by atoms with Gasteiger partial charge in [-0.3, -0.25) is 14.6 Å². The van der Waals surface area contributed by atoms with Gasteiger partial charge in [0.25, 0.3) is 5.56 Å². The number of pyridine rings is 3. The molecule has 2 aliphatic heterocycles. The average Bonchev–Trinajstić information content (AvgIpc) is 3.18. The maximum atomic E-state index is 13.4. The standard InChI is InChI=1S/C23H22N4O6/c1-3-23(32)16-5-18-20-14(8-27(18)21(30)15(16)10-33-22(23)31)13(6-25-19(29)9-28)12-4-11(2)24-7-17(12)26-20/h4-5,7,28,32H,3,6,8-10H2,1-2H3,(H,25,29)/t23-/m0/s1. The van der Waals surface area contributed by atoms with E-state index in [1.165, 1.54) is 0 Å². The van der Waals surface area contributed by atoms with Crippen LogP contribution in [0.4, 0.5) is 0 Å². The van der Waals surface area contributed by atoms with Crippen molar-refractivity contribution < 1.29 is 24.5 Å². The fraction of sp³-hybridized carbons (Fsp3) is 0.348. The van der Waals surface area contributed by atoms with Crippen LogP contribution >= 0.6 is 0 Å². The summed E-state index contributed by atoms with van der Waals surface area (Å²) in [5.74, 6) is -1.30. The van der Waals surface area contributed by atoms with E-state index in [2.05, 4.69) is 10.3 Å². The Kier molecular flexibility index (Phi) is 4.80. The van der Waals surface area contributed by atoms with Gasteiger partial charge >= 0.3 is 5.97 Å². The van der Waals surface area contributed by atoms with Gasteiger partial charge in [-0.25, -0.2) is 9.78 Å². The van der Waals surface area contributed by atoms with Crippen LogP contribution < -0.4 is 10.9 Å². The number of amides is 1. The number of aliphatic hydroxyl groups excluding tert-OH is 1. The summed E-state index contributed by atoms with van der Waals surface area (Å²) >= 11 is 0. The third-order valence-corrected chi connectivity index (χ3v) is 6.43. The Morgan fingerprint density at radius 1 is 1.30 bits per heavy atom. The summed E-state index contributed by atoms with van der Waals surface area (Å²) in [4.78, 5) is 46.5. The molecule has 0 bridgehead atoms. The molecule has 3 N–H and O–H groups in total. The lowest BCUT2D eigenvalue weighted by atomic mass is 9.86. The van der Waals surface area contributed by atoms with Gasteiger partial charge in [0.1, 0.15) is 13.2 Å². The Balaban J connectivity index is 1.76. The number of aliphatic hydroxyl groups is 2. The molecule has 10 heteroatoms. The van der Waals surface area contributed by atoms with Crippen molar-refractivity contribution in [2.45, 2.75) is 45.6 Å². The Morgan fingerprint density at radius 2 is 2.09 bits per heavy atom. The highest BCUT2D eigenvalue weighted by Crippen LogP contribution is 2.40. The molecular formula is C23H22N4O6. The summed E-state index contributed by atoms with van der Waals surface area (Å²) in [5.41, 5.74) is 2.09. The van der Waals surface area contributed by atoms with Gasteiger partial charge in [0.15, 0.2) is 5.60 Å². The maximum Gasteiger partial charge on any atom is 0.343 e. The summed E-state index contributed by atoms with van der Waals surface area (Å²) in [6, 6.07) is 3.51. The molecule has 3 aromatic heterocycles. The number of aryl methyl sites for hydroxylation is 1. The van der Waals surface area contributed by atoms with E-state index in [9.17, 15) is 19.5 Å². The minimum atomic E-state index is -1.90. The molecule has 0 aliphatic carbocycles. The van der Waals surface area contributed by atoms with Gasteiger partial charge in [-0.15, -0.1) is 0 Å². The quantitative estimate of drug-likeness (QED) is 0.379. The van der Waals surface area contributed by atoms with Crippen molar-refractivity contribution in [1.82, 2.24) is 19.9 Å². The first-order valence-electron chi connectivity index (χ1n) is 10.6. The molecule has 33 heavy (non-hydrogen) atoms. The van der Waals surface area contributed by atoms with Gasteiger partial charge in [0.05, 0.1) is 35.2 Å². The van der Waals surface area contributed by atoms with E-state index in [-0.39, 0.29) is 42.8 Å². The van der Waals surface area contributed by atoms with E-state index in [1.54, 1.807) is 23.8 Å². The predicted molar refractivity (Wildman–Crippen MR) is 116 cm³/mol. The number of esters is 1. The normalized spacial score (nSPS) is 18.5. The van der Waals surface area contributed by atoms with Crippen molar-refractivity contribution in [1.29, 1.82) is 0 Å². The highest BCUT2D eigenvalue weighted by atomic mass is 16.6. The van der Waals surface area contributed by atoms with Gasteiger partial charge in [-0.2, -0.15) is 0 Å². The van der Waals surface area contributed by atoms with E-state index in [0.29, 0.717) is 16.9 Å². The monoisotopic (exact) mass is 450 g/mol. The molecule has 0 aromatic carbocycles. The van der Waals surface area contributed by atoms with Crippen LogP contribution in [-0.2, 0) is 39.6 Å². The summed E-state index contributed by atoms with van der Waals surface area (Å²) in [6.07, 6.45) is 1.68. The number of nitrogens with zero attached hydrogens (tertiary/aromatic N) is 3. The van der Waals surface area contributed by atoms with Crippen LogP contribution in [0.15, 0.2) is 23.1 Å². The van der Waals surface area contributed by atoms with Crippen LogP contribution in [0.3, 0.4) is 0 Å². The smallest absolute Gasteiger partial charge is 0.343 e. The summed E-state index contributed by atoms with van der Waals surface area (Å²) < 4.78 is 6.65. The van der Waals surface area contributed by atoms with E-state index < -0.39 is 24.1 Å². The lowest BCUT2D eigenvalue weighted by Crippen LogP contribution is -2.44. The highest BCUT2D eigenvalue weighted by Gasteiger charge is 2.45. The molecule has 1 amide bonds. The Morgan fingerprint density at radius 3 is 2.82 bits per heavy atom. The molecule has 1 atom stereocenters. The molecule has 0 unspecified atom stereocenters. The van der Waals surface area contributed by atoms with Gasteiger partial charge < -0.3 is 24.8 Å². The third-order valence-electron chi connectivity index (χ3n) is 6.43. The zero-order valence-electron chi connectivity index (χ0n) is 18.1. The number of rotatable bonds is 4. The van der Waals surface area contributed by atoms with Crippen molar-refractivity contribution in [2.75, 3.05) is 6.61 Å². The molecular weight excluding hydrogens is 428 g/mol. The summed E-state index contributed by atoms with van der Waals surface area (Å²) in [7, 11) is 0. The molecule has 0 saturated heterocycles. The Labute approximate surface area is 187 Å². The van der Waals surface area contributed by atoms with Gasteiger partial charge in [-0.05, 0) is 31.0 Å². The second kappa shape index (κ2) is 7.46. The summed E-state index contributed by atoms with van der Waals surface area (Å²) in [5, 5.41) is 23.6. The average molecular weight is 450 g/mol. The fourth-order valence-electron chi connectivity index (χ4n) is 4.61. The van der Waals surface area contributed by atoms with Crippen LogP contribution in [0.25, 0.3) is 22.3 Å². The van der Waals surface area contributed by atoms with Crippen molar-refractivity contribution in [3.63, 3.8) is 0 Å². The lowest BCUT2D eigenvalue weighted by Gasteiger charge is -2.31. The first-order chi connectivity index (χ1) is 15.8. The van der Waals surface area contributed by atoms with E-state index in [4.69, 9.17) is 14.8 Å². The number of aromatic nitrogens is 3. The number of ether oxygens (including phenoxy) is 1. The third kappa shape index (κ3) is 3.05. The number of carbonyl (C=O) groups is 2. The molecule has 2 aliphatic rings. The van der Waals surface area contributed by atoms with Crippen molar-refractivity contribution in [3.8, 4) is 11.4 Å². The second-order valence-electron chi connectivity index (χ2n) is 8.30. The number of hydrogen-bond acceptors (Lipinski definition) is 8. The first kappa shape index (κ1) is 21.2. The first-order valence-corrected chi connectivity index (χ1v) is 10.6. The van der Waals surface area contributed by atoms with E-state index in [0.717, 1.165) is 22.2 Å². The number of carbonyl (C=O) groups excluding carboxylic acids is 2. The number of fused-ring (bicyclic) bond motifs is 5. The number of cyclic esters (lactones) is 1. The van der Waals surface area contributed by atoms with E-state index in [1.807, 2.05) is 13.0 Å². The highest BCUT2D eigenvalue weighted by molar-refractivity contribution is 5.89. The molecule has 0 radical (unpaired) electrons. The Hall–Kier alpha value is -3.63. The topological polar surface area (TPSA) is 144 Å². The minimum Gasteiger partial charge on any atom is -0.458 e. The zero-order chi connectivity index (χ0) is 23.5. The van der Waals surface area contributed by atoms with Crippen LogP contribution in [-0.4, -0.2) is 43.2 Å². The molecule has 170 valence electrons. The van der Waals surface area contributed by atoms with Crippen molar-refractivity contribution in [2.24, 2.45) is 0 Å². The maximum absolute atomic E-state index is 13.4. The molecule has 10 nitrogen and oxygen atoms in total. The fourth-order valence-corrected chi connectivity index (χ4v) is 4.61. The zero-order valence-corrected chi connectivity index (χ0v) is 18.1. The minimum absolute atomic E-state index is 0.0569. The predicted octanol–water partition coefficient (Wildman–Crippen LogP) is 0.392. The van der Waals surface area contributed by atoms with Gasteiger partial charge in [-0.1, -0.05) is 6.92 Å². The number of nitrogens with one attached hydrogen (secondary N) is 1. The van der Waals surface area contributed by atoms with Crippen LogP contribution in [0.5, 0.6) is 0 Å². The molecule has 5 heterocycles. The van der Waals surface area contributed by atoms with Crippen molar-refractivity contribution >= 4 is 22.8 Å². The summed E-state index contributed by atoms with van der Waals surface area (Å²) in [6.45, 7) is 3.00. The van der Waals surface area contributed by atoms with E-state index >= 15 is 0 Å². The van der Waals surface area contributed by atoms with Gasteiger partial charge in [0.2, 0.25) is 5.91 Å². The van der Waals surface area contributed by atoms with Gasteiger partial charge in [0, 0.05) is 28.8 Å². The SMILES string of the molecule is CC[C@@]1(O)C(=O)OCc2c1cc1n(c2=O)Cc2c-1nc1cnc(C)cc1c2CNC(=O)CO. The largest absolute Gasteiger partial charge is 0.458 e. The van der Waals surface area contributed by atoms with Crippen LogP contribution in [0.1, 0.15) is 41.3 Å². The van der Waals surface area contributed by atoms with Crippen molar-refractivity contribution in [3.05, 3.63) is 56.6 Å². The molecule has 3 aromatic rings. The molecule has 0 spiro atoms. The van der Waals surface area contributed by atoms with Crippen LogP contribution in [0.2, 0.25) is 0 Å². The lowest BCUT2D eigenvalue weighted by molar-refractivity contribution is -0.172. The van der Waals surface area contributed by atoms with Crippen LogP contribution in [0, 0.1) is 6.92 Å². The molecule has 0 saturated carbocycles. The second-order valence-corrected chi connectivity index (χ2v) is 8.30.